The van der Waals surface area contributed by atoms with Crippen LogP contribution in [0.1, 0.15) is 47.5 Å². The first kappa shape index (κ1) is 17.5. The number of carboxylic acids is 2. The van der Waals surface area contributed by atoms with Gasteiger partial charge >= 0.3 is 11.9 Å². The van der Waals surface area contributed by atoms with Crippen LogP contribution in [-0.4, -0.2) is 35.0 Å². The molecule has 0 spiro atoms. The molecule has 2 N–H and O–H groups in total. The molecule has 0 saturated heterocycles. The van der Waals surface area contributed by atoms with Gasteiger partial charge in [-0.3, -0.25) is 14.4 Å². The number of rotatable bonds is 7. The Hall–Kier alpha value is -1.89. The van der Waals surface area contributed by atoms with E-state index in [1.54, 1.807) is 12.1 Å². The SMILES string of the molecule is COc1ccc(Br)c2c1C(=O)C[C@H]2CC(CC(=O)O)CC(=O)O. The molecule has 0 heterocycles. The zero-order valence-corrected chi connectivity index (χ0v) is 14.1. The first-order chi connectivity index (χ1) is 10.8. The first-order valence-corrected chi connectivity index (χ1v) is 7.96. The van der Waals surface area contributed by atoms with E-state index in [9.17, 15) is 14.4 Å². The molecule has 0 bridgehead atoms. The molecule has 23 heavy (non-hydrogen) atoms. The number of hydrogen-bond acceptors (Lipinski definition) is 4. The third-order valence-corrected chi connectivity index (χ3v) is 4.73. The molecule has 0 aliphatic heterocycles. The van der Waals surface area contributed by atoms with E-state index in [-0.39, 0.29) is 31.0 Å². The van der Waals surface area contributed by atoms with Gasteiger partial charge in [0, 0.05) is 23.7 Å². The third kappa shape index (κ3) is 3.90. The van der Waals surface area contributed by atoms with E-state index >= 15 is 0 Å². The number of ether oxygens (including phenoxy) is 1. The van der Waals surface area contributed by atoms with Crippen molar-refractivity contribution < 1.29 is 29.3 Å². The summed E-state index contributed by atoms with van der Waals surface area (Å²) in [5, 5.41) is 17.9. The summed E-state index contributed by atoms with van der Waals surface area (Å²) >= 11 is 3.43. The summed E-state index contributed by atoms with van der Waals surface area (Å²) in [5.74, 6) is -2.37. The number of ketones is 1. The molecule has 0 unspecified atom stereocenters. The second-order valence-corrected chi connectivity index (χ2v) is 6.51. The Morgan fingerprint density at radius 1 is 1.30 bits per heavy atom. The Bertz CT molecular complexity index is 638. The predicted molar refractivity (Wildman–Crippen MR) is 85.0 cm³/mol. The minimum Gasteiger partial charge on any atom is -0.496 e. The molecule has 0 aromatic heterocycles. The average molecular weight is 385 g/mol. The lowest BCUT2D eigenvalue weighted by atomic mass is 9.86. The van der Waals surface area contributed by atoms with Crippen LogP contribution in [0.25, 0.3) is 0 Å². The van der Waals surface area contributed by atoms with Gasteiger partial charge in [-0.1, -0.05) is 15.9 Å². The number of aliphatic carboxylic acids is 2. The maximum absolute atomic E-state index is 12.3. The lowest BCUT2D eigenvalue weighted by molar-refractivity contribution is -0.140. The molecule has 1 aliphatic rings. The quantitative estimate of drug-likeness (QED) is 0.748. The summed E-state index contributed by atoms with van der Waals surface area (Å²) in [6, 6.07) is 3.49. The van der Waals surface area contributed by atoms with E-state index < -0.39 is 17.9 Å². The third-order valence-electron chi connectivity index (χ3n) is 4.04. The number of hydrogen-bond donors (Lipinski definition) is 2. The van der Waals surface area contributed by atoms with Crippen LogP contribution in [0.15, 0.2) is 16.6 Å². The summed E-state index contributed by atoms with van der Waals surface area (Å²) in [4.78, 5) is 34.2. The van der Waals surface area contributed by atoms with Gasteiger partial charge in [0.2, 0.25) is 0 Å². The number of methoxy groups -OCH3 is 1. The minimum absolute atomic E-state index is 0.0625. The monoisotopic (exact) mass is 384 g/mol. The number of carbonyl (C=O) groups is 3. The number of fused-ring (bicyclic) bond motifs is 1. The van der Waals surface area contributed by atoms with Crippen molar-refractivity contribution in [1.82, 2.24) is 0 Å². The first-order valence-electron chi connectivity index (χ1n) is 7.16. The smallest absolute Gasteiger partial charge is 0.303 e. The van der Waals surface area contributed by atoms with Crippen LogP contribution in [0.4, 0.5) is 0 Å². The van der Waals surface area contributed by atoms with Crippen molar-refractivity contribution in [3.8, 4) is 5.75 Å². The van der Waals surface area contributed by atoms with Gasteiger partial charge in [0.25, 0.3) is 0 Å². The number of benzene rings is 1. The molecule has 1 aliphatic carbocycles. The van der Waals surface area contributed by atoms with Crippen molar-refractivity contribution in [2.45, 2.75) is 31.6 Å². The van der Waals surface area contributed by atoms with E-state index in [0.29, 0.717) is 17.7 Å². The number of Topliss-reactive ketones (excluding diaryl/α,β-unsaturated/α-hetero) is 1. The van der Waals surface area contributed by atoms with Gasteiger partial charge in [-0.25, -0.2) is 0 Å². The van der Waals surface area contributed by atoms with E-state index in [1.807, 2.05) is 0 Å². The molecular formula is C16H17BrO6. The van der Waals surface area contributed by atoms with Crippen LogP contribution in [0.2, 0.25) is 0 Å². The summed E-state index contributed by atoms with van der Waals surface area (Å²) in [6.07, 6.45) is 0.120. The van der Waals surface area contributed by atoms with Crippen molar-refractivity contribution in [2.75, 3.05) is 7.11 Å². The van der Waals surface area contributed by atoms with Crippen molar-refractivity contribution in [2.24, 2.45) is 5.92 Å². The highest BCUT2D eigenvalue weighted by Gasteiger charge is 2.36. The second-order valence-electron chi connectivity index (χ2n) is 5.66. The Labute approximate surface area is 141 Å². The molecule has 0 saturated carbocycles. The van der Waals surface area contributed by atoms with Gasteiger partial charge in [-0.05, 0) is 36.0 Å². The molecule has 6 nitrogen and oxygen atoms in total. The van der Waals surface area contributed by atoms with Gasteiger partial charge in [-0.2, -0.15) is 0 Å². The Morgan fingerprint density at radius 3 is 2.43 bits per heavy atom. The van der Waals surface area contributed by atoms with Gasteiger partial charge in [0.15, 0.2) is 5.78 Å². The van der Waals surface area contributed by atoms with E-state index in [2.05, 4.69) is 15.9 Å². The zero-order chi connectivity index (χ0) is 17.1. The van der Waals surface area contributed by atoms with E-state index in [1.165, 1.54) is 7.11 Å². The van der Waals surface area contributed by atoms with Crippen LogP contribution < -0.4 is 4.74 Å². The van der Waals surface area contributed by atoms with Gasteiger partial charge in [-0.15, -0.1) is 0 Å². The summed E-state index contributed by atoms with van der Waals surface area (Å²) < 4.78 is 5.99. The van der Waals surface area contributed by atoms with Crippen molar-refractivity contribution >= 4 is 33.7 Å². The lowest BCUT2D eigenvalue weighted by Gasteiger charge is -2.19. The summed E-state index contributed by atoms with van der Waals surface area (Å²) in [5.41, 5.74) is 1.30. The fourth-order valence-electron chi connectivity index (χ4n) is 3.20. The topological polar surface area (TPSA) is 101 Å². The molecule has 1 aromatic carbocycles. The fraction of sp³-hybridized carbons (Fsp3) is 0.438. The Balaban J connectivity index is 2.31. The normalized spacial score (nSPS) is 16.5. The predicted octanol–water partition coefficient (Wildman–Crippen LogP) is 3.08. The van der Waals surface area contributed by atoms with Gasteiger partial charge in [0.1, 0.15) is 5.75 Å². The number of carbonyl (C=O) groups excluding carboxylic acids is 1. The fourth-order valence-corrected chi connectivity index (χ4v) is 3.85. The minimum atomic E-state index is -1.04. The largest absolute Gasteiger partial charge is 0.496 e. The highest BCUT2D eigenvalue weighted by molar-refractivity contribution is 9.10. The Kier molecular flexibility index (Phi) is 5.41. The maximum Gasteiger partial charge on any atom is 0.303 e. The molecule has 1 aromatic rings. The van der Waals surface area contributed by atoms with Crippen LogP contribution in [0.5, 0.6) is 5.75 Å². The highest BCUT2D eigenvalue weighted by atomic mass is 79.9. The summed E-state index contributed by atoms with van der Waals surface area (Å²) in [7, 11) is 1.49. The molecule has 7 heteroatoms. The van der Waals surface area contributed by atoms with Crippen LogP contribution >= 0.6 is 15.9 Å². The number of halogens is 1. The van der Waals surface area contributed by atoms with Crippen LogP contribution in [0, 0.1) is 5.92 Å². The Morgan fingerprint density at radius 2 is 1.91 bits per heavy atom. The number of carboxylic acid groups (broad SMARTS) is 2. The van der Waals surface area contributed by atoms with E-state index in [4.69, 9.17) is 14.9 Å². The maximum atomic E-state index is 12.3. The molecule has 2 rings (SSSR count). The summed E-state index contributed by atoms with van der Waals surface area (Å²) in [6.45, 7) is 0. The standard InChI is InChI=1S/C16H17BrO6/c1-23-12-3-2-10(17)15-9(7-11(18)16(12)15)4-8(5-13(19)20)6-14(21)22/h2-3,8-9H,4-7H2,1H3,(H,19,20)(H,21,22)/t9-/m1/s1. The average Bonchev–Trinajstić information content (AvgIpc) is 2.76. The molecule has 1 atom stereocenters. The van der Waals surface area contributed by atoms with Crippen molar-refractivity contribution in [3.63, 3.8) is 0 Å². The molecule has 0 amide bonds. The zero-order valence-electron chi connectivity index (χ0n) is 12.5. The molecular weight excluding hydrogens is 368 g/mol. The van der Waals surface area contributed by atoms with Crippen LogP contribution in [0.3, 0.4) is 0 Å². The van der Waals surface area contributed by atoms with Gasteiger partial charge in [0.05, 0.1) is 12.7 Å². The van der Waals surface area contributed by atoms with Crippen LogP contribution in [-0.2, 0) is 9.59 Å². The van der Waals surface area contributed by atoms with Crippen molar-refractivity contribution in [3.05, 3.63) is 27.7 Å². The second kappa shape index (κ2) is 7.12. The molecule has 0 fully saturated rings. The van der Waals surface area contributed by atoms with Crippen molar-refractivity contribution in [1.29, 1.82) is 0 Å². The van der Waals surface area contributed by atoms with E-state index in [0.717, 1.165) is 10.0 Å². The highest BCUT2D eigenvalue weighted by Crippen LogP contribution is 2.45. The molecule has 0 radical (unpaired) electrons. The lowest BCUT2D eigenvalue weighted by Crippen LogP contribution is -2.15. The molecule has 124 valence electrons. The van der Waals surface area contributed by atoms with Gasteiger partial charge < -0.3 is 14.9 Å².